The van der Waals surface area contributed by atoms with Crippen molar-refractivity contribution in [3.63, 3.8) is 0 Å². The van der Waals surface area contributed by atoms with Crippen LogP contribution in [0.3, 0.4) is 0 Å². The fraction of sp³-hybridized carbons (Fsp3) is 0.600. The van der Waals surface area contributed by atoms with Gasteiger partial charge in [-0.1, -0.05) is 20.8 Å². The Bertz CT molecular complexity index is 365. The molecular weight excluding hydrogens is 258 g/mol. The van der Waals surface area contributed by atoms with Crippen LogP contribution in [0.4, 0.5) is 5.82 Å². The third kappa shape index (κ3) is 3.06. The second-order valence-corrected chi connectivity index (χ2v) is 5.24. The van der Waals surface area contributed by atoms with Crippen LogP contribution in [0.2, 0.25) is 0 Å². The molecule has 0 spiro atoms. The average Bonchev–Trinajstić information content (AvgIpc) is 2.45. The summed E-state index contributed by atoms with van der Waals surface area (Å²) >= 11 is 3.36. The van der Waals surface area contributed by atoms with Gasteiger partial charge in [-0.05, 0) is 22.9 Å². The predicted molar refractivity (Wildman–Crippen MR) is 63.7 cm³/mol. The highest BCUT2D eigenvalue weighted by Gasteiger charge is 2.22. The highest BCUT2D eigenvalue weighted by Crippen LogP contribution is 2.23. The highest BCUT2D eigenvalue weighted by atomic mass is 79.9. The Morgan fingerprint density at radius 2 is 2.20 bits per heavy atom. The molecule has 15 heavy (non-hydrogen) atoms. The first kappa shape index (κ1) is 12.2. The summed E-state index contributed by atoms with van der Waals surface area (Å²) in [7, 11) is 0. The zero-order chi connectivity index (χ0) is 11.6. The number of carbonyl (C=O) groups excluding carboxylic acids is 1. The van der Waals surface area contributed by atoms with E-state index in [0.29, 0.717) is 5.82 Å². The molecule has 84 valence electrons. The van der Waals surface area contributed by atoms with Gasteiger partial charge in [-0.15, -0.1) is 0 Å². The number of aryl methyl sites for hydroxylation is 1. The summed E-state index contributed by atoms with van der Waals surface area (Å²) in [4.78, 5) is 11.7. The first-order valence-electron chi connectivity index (χ1n) is 4.89. The van der Waals surface area contributed by atoms with E-state index in [1.54, 1.807) is 4.68 Å². The summed E-state index contributed by atoms with van der Waals surface area (Å²) < 4.78 is 2.57. The molecule has 0 aromatic carbocycles. The zero-order valence-electron chi connectivity index (χ0n) is 9.47. The number of rotatable bonds is 2. The third-order valence-corrected chi connectivity index (χ3v) is 2.53. The average molecular weight is 274 g/mol. The van der Waals surface area contributed by atoms with Crippen molar-refractivity contribution in [1.82, 2.24) is 9.78 Å². The van der Waals surface area contributed by atoms with Gasteiger partial charge in [-0.2, -0.15) is 5.10 Å². The standard InChI is InChI=1S/C10H16BrN3O/c1-5-14-6-7(11)8(13-14)12-9(15)10(2,3)4/h6H,5H2,1-4H3,(H,12,13,15). The molecular formula is C10H16BrN3O. The number of halogens is 1. The topological polar surface area (TPSA) is 46.9 Å². The molecule has 1 aromatic heterocycles. The van der Waals surface area contributed by atoms with Gasteiger partial charge in [0.25, 0.3) is 0 Å². The molecule has 0 bridgehead atoms. The maximum atomic E-state index is 11.7. The molecule has 0 unspecified atom stereocenters. The maximum Gasteiger partial charge on any atom is 0.230 e. The molecule has 1 N–H and O–H groups in total. The van der Waals surface area contributed by atoms with Crippen molar-refractivity contribution in [1.29, 1.82) is 0 Å². The molecule has 0 fully saturated rings. The van der Waals surface area contributed by atoms with Crippen molar-refractivity contribution in [3.8, 4) is 0 Å². The fourth-order valence-corrected chi connectivity index (χ4v) is 1.35. The van der Waals surface area contributed by atoms with Crippen molar-refractivity contribution < 1.29 is 4.79 Å². The maximum absolute atomic E-state index is 11.7. The van der Waals surface area contributed by atoms with E-state index < -0.39 is 5.41 Å². The number of nitrogens with zero attached hydrogens (tertiary/aromatic N) is 2. The molecule has 0 saturated carbocycles. The first-order chi connectivity index (χ1) is 6.84. The lowest BCUT2D eigenvalue weighted by Crippen LogP contribution is -2.28. The number of nitrogens with one attached hydrogen (secondary N) is 1. The number of aromatic nitrogens is 2. The van der Waals surface area contributed by atoms with Gasteiger partial charge in [0.1, 0.15) is 0 Å². The minimum atomic E-state index is -0.407. The van der Waals surface area contributed by atoms with Crippen LogP contribution in [-0.4, -0.2) is 15.7 Å². The van der Waals surface area contributed by atoms with Crippen LogP contribution in [0.25, 0.3) is 0 Å². The molecule has 1 heterocycles. The molecule has 1 rings (SSSR count). The molecule has 0 atom stereocenters. The van der Waals surface area contributed by atoms with Gasteiger partial charge in [0.15, 0.2) is 5.82 Å². The largest absolute Gasteiger partial charge is 0.308 e. The first-order valence-corrected chi connectivity index (χ1v) is 5.68. The Labute approximate surface area is 98.2 Å². The highest BCUT2D eigenvalue weighted by molar-refractivity contribution is 9.10. The number of amides is 1. The lowest BCUT2D eigenvalue weighted by molar-refractivity contribution is -0.123. The van der Waals surface area contributed by atoms with Crippen LogP contribution < -0.4 is 5.32 Å². The SMILES string of the molecule is CCn1cc(Br)c(NC(=O)C(C)(C)C)n1. The number of hydrogen-bond acceptors (Lipinski definition) is 2. The Hall–Kier alpha value is -0.840. The molecule has 0 aliphatic heterocycles. The minimum absolute atomic E-state index is 0.0375. The van der Waals surface area contributed by atoms with Crippen molar-refractivity contribution in [2.75, 3.05) is 5.32 Å². The van der Waals surface area contributed by atoms with E-state index in [9.17, 15) is 4.79 Å². The third-order valence-electron chi connectivity index (χ3n) is 1.95. The van der Waals surface area contributed by atoms with E-state index in [1.165, 1.54) is 0 Å². The van der Waals surface area contributed by atoms with Crippen molar-refractivity contribution in [2.45, 2.75) is 34.2 Å². The van der Waals surface area contributed by atoms with Crippen LogP contribution in [0.1, 0.15) is 27.7 Å². The van der Waals surface area contributed by atoms with Gasteiger partial charge in [-0.3, -0.25) is 9.48 Å². The molecule has 0 saturated heterocycles. The van der Waals surface area contributed by atoms with E-state index in [2.05, 4.69) is 26.3 Å². The second-order valence-electron chi connectivity index (χ2n) is 4.39. The quantitative estimate of drug-likeness (QED) is 0.901. The normalized spacial score (nSPS) is 11.5. The van der Waals surface area contributed by atoms with Crippen molar-refractivity contribution in [2.24, 2.45) is 5.41 Å². The van der Waals surface area contributed by atoms with Crippen LogP contribution in [-0.2, 0) is 11.3 Å². The van der Waals surface area contributed by atoms with E-state index in [-0.39, 0.29) is 5.91 Å². The minimum Gasteiger partial charge on any atom is -0.308 e. The number of carbonyl (C=O) groups is 1. The summed E-state index contributed by atoms with van der Waals surface area (Å²) in [5, 5.41) is 7.01. The van der Waals surface area contributed by atoms with Gasteiger partial charge >= 0.3 is 0 Å². The summed E-state index contributed by atoms with van der Waals surface area (Å²) in [6.07, 6.45) is 1.85. The van der Waals surface area contributed by atoms with Crippen molar-refractivity contribution >= 4 is 27.7 Å². The molecule has 1 aromatic rings. The van der Waals surface area contributed by atoms with Gasteiger partial charge in [-0.25, -0.2) is 0 Å². The summed E-state index contributed by atoms with van der Waals surface area (Å²) in [6.45, 7) is 8.38. The molecule has 0 radical (unpaired) electrons. The molecule has 0 aliphatic rings. The van der Waals surface area contributed by atoms with Gasteiger partial charge in [0, 0.05) is 18.2 Å². The lowest BCUT2D eigenvalue weighted by Gasteiger charge is -2.16. The number of anilines is 1. The molecule has 4 nitrogen and oxygen atoms in total. The van der Waals surface area contributed by atoms with E-state index in [1.807, 2.05) is 33.9 Å². The second kappa shape index (κ2) is 4.35. The van der Waals surface area contributed by atoms with Gasteiger partial charge in [0.05, 0.1) is 4.47 Å². The number of hydrogen-bond donors (Lipinski definition) is 1. The van der Waals surface area contributed by atoms with Crippen LogP contribution in [0.15, 0.2) is 10.7 Å². The Kier molecular flexibility index (Phi) is 3.54. The Morgan fingerprint density at radius 3 is 2.60 bits per heavy atom. The van der Waals surface area contributed by atoms with E-state index in [0.717, 1.165) is 11.0 Å². The monoisotopic (exact) mass is 273 g/mol. The summed E-state index contributed by atoms with van der Waals surface area (Å²) in [6, 6.07) is 0. The predicted octanol–water partition coefficient (Wildman–Crippen LogP) is 2.65. The van der Waals surface area contributed by atoms with Crippen molar-refractivity contribution in [3.05, 3.63) is 10.7 Å². The molecule has 0 aliphatic carbocycles. The van der Waals surface area contributed by atoms with Crippen LogP contribution >= 0.6 is 15.9 Å². The summed E-state index contributed by atoms with van der Waals surface area (Å²) in [5.74, 6) is 0.543. The Balaban J connectivity index is 2.81. The summed E-state index contributed by atoms with van der Waals surface area (Å²) in [5.41, 5.74) is -0.407. The zero-order valence-corrected chi connectivity index (χ0v) is 11.1. The van der Waals surface area contributed by atoms with E-state index >= 15 is 0 Å². The fourth-order valence-electron chi connectivity index (χ4n) is 0.939. The molecule has 1 amide bonds. The van der Waals surface area contributed by atoms with Crippen LogP contribution in [0, 0.1) is 5.41 Å². The molecule has 5 heteroatoms. The van der Waals surface area contributed by atoms with E-state index in [4.69, 9.17) is 0 Å². The van der Waals surface area contributed by atoms with Crippen LogP contribution in [0.5, 0.6) is 0 Å². The Morgan fingerprint density at radius 1 is 1.60 bits per heavy atom. The lowest BCUT2D eigenvalue weighted by atomic mass is 9.96. The smallest absolute Gasteiger partial charge is 0.230 e. The van der Waals surface area contributed by atoms with Gasteiger partial charge < -0.3 is 5.32 Å². The van der Waals surface area contributed by atoms with Gasteiger partial charge in [0.2, 0.25) is 5.91 Å².